The van der Waals surface area contributed by atoms with E-state index < -0.39 is 13.6 Å². The molecule has 0 unspecified atom stereocenters. The highest BCUT2D eigenvalue weighted by Crippen LogP contribution is 2.55. The molecule has 0 spiro atoms. The van der Waals surface area contributed by atoms with E-state index in [2.05, 4.69) is 30.0 Å². The van der Waals surface area contributed by atoms with Crippen LogP contribution in [0.4, 0.5) is 0 Å². The molecular formula is C24H33N3O3Si. The van der Waals surface area contributed by atoms with Crippen LogP contribution in [0.2, 0.25) is 24.7 Å². The van der Waals surface area contributed by atoms with Crippen LogP contribution in [0.3, 0.4) is 0 Å². The fourth-order valence-electron chi connectivity index (χ4n) is 5.07. The summed E-state index contributed by atoms with van der Waals surface area (Å²) in [6.07, 6.45) is 3.07. The highest BCUT2D eigenvalue weighted by atomic mass is 28.3. The normalized spacial score (nSPS) is 21.3. The lowest BCUT2D eigenvalue weighted by atomic mass is 9.83. The average Bonchev–Trinajstić information content (AvgIpc) is 3.17. The summed E-state index contributed by atoms with van der Waals surface area (Å²) in [5.41, 5.74) is 1.66. The Hall–Kier alpha value is -2.41. The Balaban J connectivity index is 1.45. The number of benzene rings is 1. The molecule has 0 saturated heterocycles. The molecule has 1 N–H and O–H groups in total. The number of nitrogens with zero attached hydrogens (tertiary/aromatic N) is 2. The Morgan fingerprint density at radius 1 is 1.16 bits per heavy atom. The van der Waals surface area contributed by atoms with Crippen molar-refractivity contribution in [1.29, 1.82) is 0 Å². The van der Waals surface area contributed by atoms with Gasteiger partial charge in [-0.2, -0.15) is 0 Å². The lowest BCUT2D eigenvalue weighted by Gasteiger charge is -2.49. The van der Waals surface area contributed by atoms with Crippen molar-refractivity contribution < 1.29 is 14.3 Å². The van der Waals surface area contributed by atoms with Crippen LogP contribution in [0, 0.1) is 0 Å². The highest BCUT2D eigenvalue weighted by molar-refractivity contribution is 6.82. The molecule has 2 heterocycles. The van der Waals surface area contributed by atoms with Crippen LogP contribution < -0.4 is 10.1 Å². The van der Waals surface area contributed by atoms with Crippen molar-refractivity contribution in [2.75, 3.05) is 19.7 Å². The van der Waals surface area contributed by atoms with E-state index in [9.17, 15) is 9.59 Å². The van der Waals surface area contributed by atoms with E-state index >= 15 is 0 Å². The fourth-order valence-corrected chi connectivity index (χ4v) is 7.67. The number of amides is 2. The topological polar surface area (TPSA) is 71.0 Å². The molecule has 0 atom stereocenters. The van der Waals surface area contributed by atoms with Gasteiger partial charge in [0.1, 0.15) is 11.6 Å². The summed E-state index contributed by atoms with van der Waals surface area (Å²) in [4.78, 5) is 32.8. The molecule has 166 valence electrons. The van der Waals surface area contributed by atoms with Crippen LogP contribution in [-0.4, -0.2) is 55.9 Å². The third-order valence-electron chi connectivity index (χ3n) is 7.49. The molecule has 1 aromatic rings. The van der Waals surface area contributed by atoms with Crippen molar-refractivity contribution in [1.82, 2.24) is 10.2 Å². The third-order valence-corrected chi connectivity index (χ3v) is 11.1. The standard InChI is InChI=1S/C24H33N3O3Si/c1-23(2)19-14-25-21(26-22(29)24(12-9-13-24)31(3,4)5)18(19)15-27(23)20(28)16-30-17-10-7-6-8-11-17/h6-8,10-11H,9,12-16H2,1-5H3,(H,25,26,29). The van der Waals surface area contributed by atoms with Gasteiger partial charge < -0.3 is 15.0 Å². The van der Waals surface area contributed by atoms with Gasteiger partial charge in [-0.15, -0.1) is 0 Å². The molecule has 2 amide bonds. The van der Waals surface area contributed by atoms with Crippen LogP contribution in [0.25, 0.3) is 0 Å². The van der Waals surface area contributed by atoms with E-state index in [0.717, 1.165) is 30.4 Å². The largest absolute Gasteiger partial charge is 0.484 e. The van der Waals surface area contributed by atoms with Gasteiger partial charge in [-0.25, -0.2) is 0 Å². The summed E-state index contributed by atoms with van der Waals surface area (Å²) in [7, 11) is -1.66. The quantitative estimate of drug-likeness (QED) is 0.710. The Labute approximate surface area is 185 Å². The fraction of sp³-hybridized carbons (Fsp3) is 0.542. The molecule has 2 aliphatic heterocycles. The number of ether oxygens (including phenoxy) is 1. The zero-order valence-electron chi connectivity index (χ0n) is 19.2. The van der Waals surface area contributed by atoms with Gasteiger partial charge in [0.05, 0.1) is 26.7 Å². The van der Waals surface area contributed by atoms with Crippen LogP contribution in [0.1, 0.15) is 33.1 Å². The van der Waals surface area contributed by atoms with E-state index in [1.165, 1.54) is 0 Å². The van der Waals surface area contributed by atoms with Gasteiger partial charge in [-0.1, -0.05) is 44.3 Å². The van der Waals surface area contributed by atoms with Crippen LogP contribution in [0.5, 0.6) is 5.75 Å². The zero-order chi connectivity index (χ0) is 22.4. The Kier molecular flexibility index (Phi) is 5.36. The van der Waals surface area contributed by atoms with Gasteiger partial charge in [0, 0.05) is 10.6 Å². The molecule has 3 aliphatic rings. The molecule has 1 aromatic carbocycles. The summed E-state index contributed by atoms with van der Waals surface area (Å²) in [6.45, 7) is 11.9. The first-order valence-corrected chi connectivity index (χ1v) is 14.6. The average molecular weight is 440 g/mol. The summed E-state index contributed by atoms with van der Waals surface area (Å²) in [5.74, 6) is 1.41. The molecule has 1 aliphatic carbocycles. The number of rotatable bonds is 5. The molecule has 1 saturated carbocycles. The number of aliphatic imine (C=N–C) groups is 1. The van der Waals surface area contributed by atoms with Gasteiger partial charge in [-0.05, 0) is 44.4 Å². The van der Waals surface area contributed by atoms with Gasteiger partial charge in [0.2, 0.25) is 5.91 Å². The van der Waals surface area contributed by atoms with Crippen molar-refractivity contribution >= 4 is 25.7 Å². The summed E-state index contributed by atoms with van der Waals surface area (Å²) in [6, 6.07) is 9.37. The number of carbonyl (C=O) groups is 2. The predicted octanol–water partition coefficient (Wildman–Crippen LogP) is 3.77. The maximum atomic E-state index is 13.3. The SMILES string of the molecule is CC1(C)C2=C(CN1C(=O)COc1ccccc1)C(NC(=O)C1([Si](C)(C)C)CCC1)=NC2. The Morgan fingerprint density at radius 2 is 1.84 bits per heavy atom. The molecular weight excluding hydrogens is 406 g/mol. The molecule has 31 heavy (non-hydrogen) atoms. The van der Waals surface area contributed by atoms with E-state index in [4.69, 9.17) is 4.74 Å². The first-order valence-electron chi connectivity index (χ1n) is 11.1. The van der Waals surface area contributed by atoms with Crippen molar-refractivity contribution in [3.63, 3.8) is 0 Å². The van der Waals surface area contributed by atoms with E-state index in [0.29, 0.717) is 24.7 Å². The number of nitrogens with one attached hydrogen (secondary N) is 1. The summed E-state index contributed by atoms with van der Waals surface area (Å²) >= 11 is 0. The number of carbonyl (C=O) groups excluding carboxylic acids is 2. The lowest BCUT2D eigenvalue weighted by molar-refractivity contribution is -0.136. The first kappa shape index (κ1) is 21.8. The predicted molar refractivity (Wildman–Crippen MR) is 125 cm³/mol. The van der Waals surface area contributed by atoms with Gasteiger partial charge in [0.15, 0.2) is 6.61 Å². The minimum absolute atomic E-state index is 0.00836. The van der Waals surface area contributed by atoms with Crippen LogP contribution in [0.15, 0.2) is 46.5 Å². The zero-order valence-corrected chi connectivity index (χ0v) is 20.2. The number of hydrogen-bond donors (Lipinski definition) is 1. The minimum atomic E-state index is -1.66. The second kappa shape index (κ2) is 7.62. The van der Waals surface area contributed by atoms with Crippen molar-refractivity contribution in [2.24, 2.45) is 4.99 Å². The molecule has 0 bridgehead atoms. The maximum absolute atomic E-state index is 13.3. The van der Waals surface area contributed by atoms with Gasteiger partial charge in [0.25, 0.3) is 5.91 Å². The van der Waals surface area contributed by atoms with E-state index in [1.807, 2.05) is 49.1 Å². The van der Waals surface area contributed by atoms with Crippen LogP contribution >= 0.6 is 0 Å². The molecule has 0 radical (unpaired) electrons. The lowest BCUT2D eigenvalue weighted by Crippen LogP contribution is -2.55. The minimum Gasteiger partial charge on any atom is -0.484 e. The van der Waals surface area contributed by atoms with Gasteiger partial charge >= 0.3 is 0 Å². The van der Waals surface area contributed by atoms with E-state index in [1.54, 1.807) is 0 Å². The smallest absolute Gasteiger partial charge is 0.261 e. The highest BCUT2D eigenvalue weighted by Gasteiger charge is 2.54. The maximum Gasteiger partial charge on any atom is 0.261 e. The van der Waals surface area contributed by atoms with Crippen molar-refractivity contribution in [3.05, 3.63) is 41.5 Å². The molecule has 7 heteroatoms. The Bertz CT molecular complexity index is 956. The first-order chi connectivity index (χ1) is 14.6. The third kappa shape index (κ3) is 3.62. The van der Waals surface area contributed by atoms with Gasteiger partial charge in [-0.3, -0.25) is 14.6 Å². The molecule has 0 aromatic heterocycles. The molecule has 6 nitrogen and oxygen atoms in total. The second-order valence-electron chi connectivity index (χ2n) is 10.4. The monoisotopic (exact) mass is 439 g/mol. The summed E-state index contributed by atoms with van der Waals surface area (Å²) in [5, 5.41) is 2.97. The second-order valence-corrected chi connectivity index (χ2v) is 15.9. The molecule has 4 rings (SSSR count). The number of hydrogen-bond acceptors (Lipinski definition) is 4. The van der Waals surface area contributed by atoms with E-state index in [-0.39, 0.29) is 23.5 Å². The van der Waals surface area contributed by atoms with Crippen molar-refractivity contribution in [3.8, 4) is 5.75 Å². The Morgan fingerprint density at radius 3 is 2.42 bits per heavy atom. The summed E-state index contributed by atoms with van der Waals surface area (Å²) < 4.78 is 5.69. The molecule has 1 fully saturated rings. The van der Waals surface area contributed by atoms with Crippen LogP contribution in [-0.2, 0) is 9.59 Å². The van der Waals surface area contributed by atoms with Crippen molar-refractivity contribution in [2.45, 2.75) is 63.3 Å². The number of para-hydroxylation sites is 1. The number of amidine groups is 1.